The molecule has 1 saturated carbocycles. The normalized spacial score (nSPS) is 36.2. The van der Waals surface area contributed by atoms with Crippen LogP contribution in [0.15, 0.2) is 30.3 Å². The highest BCUT2D eigenvalue weighted by atomic mass is 16.5. The summed E-state index contributed by atoms with van der Waals surface area (Å²) >= 11 is 0. The Bertz CT molecular complexity index is 470. The molecular weight excluding hydrogens is 258 g/mol. The number of benzene rings is 1. The minimum Gasteiger partial charge on any atom is -0.360 e. The molecule has 2 aliphatic rings. The standard InChI is InChI=1S/C19H29NO/c1-14-10-11-17-18(12-14)21-15(2)20(19(17,3)4)13-16-8-6-5-7-9-16/h5-9,14-15,17-18H,10-13H2,1-4H3/t14-,15+,17-,18-/m1/s1. The molecule has 0 spiro atoms. The van der Waals surface area contributed by atoms with E-state index >= 15 is 0 Å². The second kappa shape index (κ2) is 5.73. The number of fused-ring (bicyclic) bond motifs is 1. The Morgan fingerprint density at radius 2 is 1.86 bits per heavy atom. The Hall–Kier alpha value is -0.860. The fourth-order valence-electron chi connectivity index (χ4n) is 4.41. The Labute approximate surface area is 129 Å². The van der Waals surface area contributed by atoms with E-state index in [1.165, 1.54) is 24.8 Å². The molecule has 1 aliphatic carbocycles. The van der Waals surface area contributed by atoms with Gasteiger partial charge in [0.2, 0.25) is 0 Å². The Morgan fingerprint density at radius 1 is 1.14 bits per heavy atom. The van der Waals surface area contributed by atoms with E-state index in [9.17, 15) is 0 Å². The topological polar surface area (TPSA) is 12.5 Å². The van der Waals surface area contributed by atoms with Gasteiger partial charge in [-0.15, -0.1) is 0 Å². The van der Waals surface area contributed by atoms with Gasteiger partial charge in [-0.2, -0.15) is 0 Å². The summed E-state index contributed by atoms with van der Waals surface area (Å²) in [6.45, 7) is 10.4. The lowest BCUT2D eigenvalue weighted by atomic mass is 9.70. The summed E-state index contributed by atoms with van der Waals surface area (Å²) in [6, 6.07) is 10.8. The highest BCUT2D eigenvalue weighted by molar-refractivity contribution is 5.15. The molecule has 1 aliphatic heterocycles. The molecule has 0 aromatic heterocycles. The molecule has 1 aromatic carbocycles. The summed E-state index contributed by atoms with van der Waals surface area (Å²) in [7, 11) is 0. The molecule has 2 fully saturated rings. The van der Waals surface area contributed by atoms with Crippen molar-refractivity contribution in [1.29, 1.82) is 0 Å². The van der Waals surface area contributed by atoms with Crippen molar-refractivity contribution in [3.05, 3.63) is 35.9 Å². The van der Waals surface area contributed by atoms with Crippen molar-refractivity contribution in [2.24, 2.45) is 11.8 Å². The van der Waals surface area contributed by atoms with E-state index in [4.69, 9.17) is 4.74 Å². The van der Waals surface area contributed by atoms with Crippen LogP contribution in [0.3, 0.4) is 0 Å². The first kappa shape index (κ1) is 15.1. The Morgan fingerprint density at radius 3 is 2.57 bits per heavy atom. The van der Waals surface area contributed by atoms with Crippen molar-refractivity contribution in [3.63, 3.8) is 0 Å². The molecule has 116 valence electrons. The average Bonchev–Trinajstić information content (AvgIpc) is 2.44. The van der Waals surface area contributed by atoms with Gasteiger partial charge < -0.3 is 4.74 Å². The van der Waals surface area contributed by atoms with Crippen molar-refractivity contribution in [1.82, 2.24) is 4.90 Å². The van der Waals surface area contributed by atoms with Gasteiger partial charge in [-0.1, -0.05) is 43.7 Å². The van der Waals surface area contributed by atoms with E-state index in [0.29, 0.717) is 12.0 Å². The van der Waals surface area contributed by atoms with E-state index in [-0.39, 0.29) is 11.8 Å². The smallest absolute Gasteiger partial charge is 0.108 e. The van der Waals surface area contributed by atoms with E-state index in [0.717, 1.165) is 12.5 Å². The van der Waals surface area contributed by atoms with Gasteiger partial charge in [-0.3, -0.25) is 4.90 Å². The Kier molecular flexibility index (Phi) is 4.11. The summed E-state index contributed by atoms with van der Waals surface area (Å²) in [5.74, 6) is 1.48. The molecule has 2 nitrogen and oxygen atoms in total. The number of rotatable bonds is 2. The van der Waals surface area contributed by atoms with Crippen molar-refractivity contribution < 1.29 is 4.74 Å². The maximum atomic E-state index is 6.41. The van der Waals surface area contributed by atoms with Crippen LogP contribution in [0.4, 0.5) is 0 Å². The van der Waals surface area contributed by atoms with Gasteiger partial charge in [-0.25, -0.2) is 0 Å². The SMILES string of the molecule is C[C@@H]1CC[C@@H]2[C@@H](C1)O[C@@H](C)N(Cc1ccccc1)C2(C)C. The van der Waals surface area contributed by atoms with Crippen LogP contribution in [0, 0.1) is 11.8 Å². The van der Waals surface area contributed by atoms with E-state index in [1.807, 2.05) is 0 Å². The van der Waals surface area contributed by atoms with Gasteiger partial charge in [0.25, 0.3) is 0 Å². The predicted octanol–water partition coefficient (Wildman–Crippen LogP) is 4.45. The molecule has 21 heavy (non-hydrogen) atoms. The average molecular weight is 287 g/mol. The van der Waals surface area contributed by atoms with Gasteiger partial charge in [-0.05, 0) is 45.1 Å². The van der Waals surface area contributed by atoms with E-state index in [1.54, 1.807) is 0 Å². The highest BCUT2D eigenvalue weighted by Crippen LogP contribution is 2.45. The minimum atomic E-state index is 0.201. The summed E-state index contributed by atoms with van der Waals surface area (Å²) in [5.41, 5.74) is 1.59. The zero-order valence-electron chi connectivity index (χ0n) is 13.9. The third-order valence-electron chi connectivity index (χ3n) is 5.71. The first-order valence-corrected chi connectivity index (χ1v) is 8.44. The monoisotopic (exact) mass is 287 g/mol. The Balaban J connectivity index is 1.81. The second-order valence-electron chi connectivity index (χ2n) is 7.57. The molecule has 0 N–H and O–H groups in total. The lowest BCUT2D eigenvalue weighted by molar-refractivity contribution is -0.229. The number of hydrogen-bond donors (Lipinski definition) is 0. The zero-order valence-corrected chi connectivity index (χ0v) is 13.9. The van der Waals surface area contributed by atoms with Gasteiger partial charge in [0.1, 0.15) is 6.23 Å². The molecular formula is C19H29NO. The van der Waals surface area contributed by atoms with E-state index < -0.39 is 0 Å². The molecule has 0 bridgehead atoms. The van der Waals surface area contributed by atoms with Crippen LogP contribution in [-0.4, -0.2) is 22.8 Å². The number of nitrogens with zero attached hydrogens (tertiary/aromatic N) is 1. The van der Waals surface area contributed by atoms with Crippen LogP contribution in [0.2, 0.25) is 0 Å². The fraction of sp³-hybridized carbons (Fsp3) is 0.684. The van der Waals surface area contributed by atoms with Crippen molar-refractivity contribution in [2.75, 3.05) is 0 Å². The molecule has 2 heteroatoms. The quantitative estimate of drug-likeness (QED) is 0.797. The first-order valence-electron chi connectivity index (χ1n) is 8.44. The summed E-state index contributed by atoms with van der Waals surface area (Å²) in [4.78, 5) is 2.56. The lowest BCUT2D eigenvalue weighted by Crippen LogP contribution is -2.63. The van der Waals surface area contributed by atoms with Crippen LogP contribution >= 0.6 is 0 Å². The molecule has 0 radical (unpaired) electrons. The van der Waals surface area contributed by atoms with Crippen LogP contribution < -0.4 is 0 Å². The van der Waals surface area contributed by atoms with Crippen LogP contribution in [0.25, 0.3) is 0 Å². The largest absolute Gasteiger partial charge is 0.360 e. The predicted molar refractivity (Wildman–Crippen MR) is 86.9 cm³/mol. The minimum absolute atomic E-state index is 0.201. The summed E-state index contributed by atoms with van der Waals surface area (Å²) in [6.07, 6.45) is 4.54. The van der Waals surface area contributed by atoms with Gasteiger partial charge in [0.15, 0.2) is 0 Å². The van der Waals surface area contributed by atoms with Gasteiger partial charge >= 0.3 is 0 Å². The first-order chi connectivity index (χ1) is 9.98. The lowest BCUT2D eigenvalue weighted by Gasteiger charge is -2.56. The maximum Gasteiger partial charge on any atom is 0.108 e. The molecule has 4 atom stereocenters. The molecule has 0 amide bonds. The summed E-state index contributed by atoms with van der Waals surface area (Å²) in [5, 5.41) is 0. The molecule has 0 unspecified atom stereocenters. The van der Waals surface area contributed by atoms with Crippen LogP contribution in [0.1, 0.15) is 52.5 Å². The maximum absolute atomic E-state index is 6.41. The van der Waals surface area contributed by atoms with E-state index in [2.05, 4.69) is 62.9 Å². The third-order valence-corrected chi connectivity index (χ3v) is 5.71. The van der Waals surface area contributed by atoms with Crippen LogP contribution in [0.5, 0.6) is 0 Å². The van der Waals surface area contributed by atoms with Crippen molar-refractivity contribution in [2.45, 2.75) is 71.4 Å². The second-order valence-corrected chi connectivity index (χ2v) is 7.57. The third kappa shape index (κ3) is 2.89. The fourth-order valence-corrected chi connectivity index (χ4v) is 4.41. The summed E-state index contributed by atoms with van der Waals surface area (Å²) < 4.78 is 6.41. The van der Waals surface area contributed by atoms with Gasteiger partial charge in [0, 0.05) is 18.0 Å². The highest BCUT2D eigenvalue weighted by Gasteiger charge is 2.49. The number of ether oxygens (including phenoxy) is 1. The van der Waals surface area contributed by atoms with Gasteiger partial charge in [0.05, 0.1) is 6.10 Å². The number of hydrogen-bond acceptors (Lipinski definition) is 2. The van der Waals surface area contributed by atoms with Crippen molar-refractivity contribution in [3.8, 4) is 0 Å². The van der Waals surface area contributed by atoms with Crippen molar-refractivity contribution >= 4 is 0 Å². The van der Waals surface area contributed by atoms with Crippen LogP contribution in [-0.2, 0) is 11.3 Å². The molecule has 1 heterocycles. The zero-order chi connectivity index (χ0) is 15.0. The molecule has 1 saturated heterocycles. The molecule has 3 rings (SSSR count). The molecule has 1 aromatic rings.